The van der Waals surface area contributed by atoms with Gasteiger partial charge in [0.1, 0.15) is 10.1 Å². The van der Waals surface area contributed by atoms with Gasteiger partial charge in [-0.3, -0.25) is 0 Å². The van der Waals surface area contributed by atoms with Crippen molar-refractivity contribution >= 4 is 10.1 Å². The molecule has 0 aliphatic rings. The van der Waals surface area contributed by atoms with Gasteiger partial charge >= 0.3 is 51.4 Å². The zero-order valence-electron chi connectivity index (χ0n) is 17.5. The summed E-state index contributed by atoms with van der Waals surface area (Å²) >= 11 is 0. The van der Waals surface area contributed by atoms with Crippen LogP contribution in [0.1, 0.15) is 117 Å². The maximum Gasteiger partial charge on any atom is 1.00 e. The predicted octanol–water partition coefficient (Wildman–Crippen LogP) is 2.55. The van der Waals surface area contributed by atoms with E-state index in [1.807, 2.05) is 0 Å². The SMILES string of the molecule is CCCCCCCCCCCCCC(C(O)CCCCC)S(=O)(=O)[O-].[K+]. The minimum absolute atomic E-state index is 0. The fourth-order valence-corrected chi connectivity index (χ4v) is 4.30. The Hall–Kier alpha value is 1.51. The van der Waals surface area contributed by atoms with Crippen molar-refractivity contribution in [1.29, 1.82) is 0 Å². The second kappa shape index (κ2) is 19.8. The molecule has 4 nitrogen and oxygen atoms in total. The molecule has 152 valence electrons. The molecule has 0 aromatic carbocycles. The van der Waals surface area contributed by atoms with Gasteiger partial charge in [-0.2, -0.15) is 0 Å². The third-order valence-electron chi connectivity index (χ3n) is 5.00. The summed E-state index contributed by atoms with van der Waals surface area (Å²) in [6, 6.07) is 0. The Morgan fingerprint density at radius 2 is 1.04 bits per heavy atom. The third-order valence-corrected chi connectivity index (χ3v) is 6.29. The van der Waals surface area contributed by atoms with Gasteiger partial charge in [0.05, 0.1) is 11.4 Å². The van der Waals surface area contributed by atoms with E-state index in [0.29, 0.717) is 19.3 Å². The summed E-state index contributed by atoms with van der Waals surface area (Å²) in [5, 5.41) is 8.93. The number of hydrogen-bond donors (Lipinski definition) is 1. The Bertz CT molecular complexity index is 387. The number of unbranched alkanes of at least 4 members (excludes halogenated alkanes) is 12. The van der Waals surface area contributed by atoms with Crippen LogP contribution in [0.2, 0.25) is 0 Å². The minimum Gasteiger partial charge on any atom is -0.748 e. The van der Waals surface area contributed by atoms with E-state index in [0.717, 1.165) is 32.1 Å². The Labute approximate surface area is 205 Å². The second-order valence-corrected chi connectivity index (χ2v) is 9.01. The molecule has 2 atom stereocenters. The van der Waals surface area contributed by atoms with Crippen LogP contribution in [0.25, 0.3) is 0 Å². The van der Waals surface area contributed by atoms with Gasteiger partial charge in [-0.15, -0.1) is 0 Å². The third kappa shape index (κ3) is 17.6. The molecule has 2 unspecified atom stereocenters. The maximum absolute atomic E-state index is 11.4. The summed E-state index contributed by atoms with van der Waals surface area (Å²) in [6.45, 7) is 4.28. The van der Waals surface area contributed by atoms with Crippen molar-refractivity contribution < 1.29 is 69.5 Å². The minimum atomic E-state index is -4.41. The average Bonchev–Trinajstić information content (AvgIpc) is 2.55. The van der Waals surface area contributed by atoms with Crippen molar-refractivity contribution in [2.45, 2.75) is 128 Å². The quantitative estimate of drug-likeness (QED) is 0.212. The number of aliphatic hydroxyl groups excluding tert-OH is 1. The van der Waals surface area contributed by atoms with Gasteiger partial charge in [0.15, 0.2) is 0 Å². The average molecular weight is 417 g/mol. The van der Waals surface area contributed by atoms with E-state index in [2.05, 4.69) is 13.8 Å². The zero-order valence-corrected chi connectivity index (χ0v) is 21.5. The topological polar surface area (TPSA) is 77.4 Å². The maximum atomic E-state index is 11.4. The molecular formula is C20H41KO4S. The first-order valence-corrected chi connectivity index (χ1v) is 12.0. The second-order valence-electron chi connectivity index (χ2n) is 7.42. The van der Waals surface area contributed by atoms with E-state index < -0.39 is 21.5 Å². The molecule has 26 heavy (non-hydrogen) atoms. The predicted molar refractivity (Wildman–Crippen MR) is 105 cm³/mol. The zero-order chi connectivity index (χ0) is 19.0. The van der Waals surface area contributed by atoms with Crippen molar-refractivity contribution in [1.82, 2.24) is 0 Å². The molecule has 0 saturated heterocycles. The van der Waals surface area contributed by atoms with E-state index in [-0.39, 0.29) is 51.4 Å². The van der Waals surface area contributed by atoms with E-state index >= 15 is 0 Å². The van der Waals surface area contributed by atoms with E-state index in [9.17, 15) is 18.1 Å². The van der Waals surface area contributed by atoms with Gasteiger partial charge in [-0.25, -0.2) is 8.42 Å². The molecule has 0 amide bonds. The van der Waals surface area contributed by atoms with E-state index in [1.54, 1.807) is 0 Å². The van der Waals surface area contributed by atoms with Crippen molar-refractivity contribution in [3.8, 4) is 0 Å². The first-order valence-electron chi connectivity index (χ1n) is 10.6. The normalized spacial score (nSPS) is 14.0. The van der Waals surface area contributed by atoms with Gasteiger partial charge in [0.25, 0.3) is 0 Å². The number of rotatable bonds is 18. The van der Waals surface area contributed by atoms with Crippen LogP contribution in [0, 0.1) is 0 Å². The van der Waals surface area contributed by atoms with Crippen LogP contribution < -0.4 is 51.4 Å². The molecule has 0 saturated carbocycles. The van der Waals surface area contributed by atoms with E-state index in [1.165, 1.54) is 51.4 Å². The van der Waals surface area contributed by atoms with Crippen molar-refractivity contribution in [3.63, 3.8) is 0 Å². The van der Waals surface area contributed by atoms with Crippen molar-refractivity contribution in [2.75, 3.05) is 0 Å². The van der Waals surface area contributed by atoms with Crippen LogP contribution in [0.4, 0.5) is 0 Å². The van der Waals surface area contributed by atoms with Crippen molar-refractivity contribution in [3.05, 3.63) is 0 Å². The first kappa shape index (κ1) is 29.7. The Balaban J connectivity index is 0. The fourth-order valence-electron chi connectivity index (χ4n) is 3.33. The summed E-state index contributed by atoms with van der Waals surface area (Å²) in [6.07, 6.45) is 15.6. The molecule has 0 spiro atoms. The molecular weight excluding hydrogens is 375 g/mol. The number of aliphatic hydroxyl groups is 1. The van der Waals surface area contributed by atoms with Gasteiger partial charge in [0.2, 0.25) is 0 Å². The molecule has 0 bridgehead atoms. The molecule has 6 heteroatoms. The van der Waals surface area contributed by atoms with E-state index in [4.69, 9.17) is 0 Å². The van der Waals surface area contributed by atoms with Crippen LogP contribution >= 0.6 is 0 Å². The molecule has 0 fully saturated rings. The molecule has 1 N–H and O–H groups in total. The summed E-state index contributed by atoms with van der Waals surface area (Å²) in [4.78, 5) is 0. The molecule has 0 aromatic rings. The Morgan fingerprint density at radius 1 is 0.692 bits per heavy atom. The fraction of sp³-hybridized carbons (Fsp3) is 1.00. The Morgan fingerprint density at radius 3 is 1.46 bits per heavy atom. The van der Waals surface area contributed by atoms with Crippen LogP contribution in [0.5, 0.6) is 0 Å². The standard InChI is InChI=1S/C20H42O4S.K/c1-3-5-7-8-9-10-11-12-13-14-16-18-20(25(22,23)24)19(21)17-15-6-4-2;/h19-21H,3-18H2,1-2H3,(H,22,23,24);/q;+1/p-1. The van der Waals surface area contributed by atoms with Gasteiger partial charge in [-0.05, 0) is 12.8 Å². The molecule has 0 radical (unpaired) electrons. The summed E-state index contributed by atoms with van der Waals surface area (Å²) in [5.41, 5.74) is 0. The molecule has 0 aliphatic heterocycles. The largest absolute Gasteiger partial charge is 1.00 e. The van der Waals surface area contributed by atoms with Crippen LogP contribution in [-0.2, 0) is 10.1 Å². The van der Waals surface area contributed by atoms with Crippen LogP contribution in [0.3, 0.4) is 0 Å². The summed E-state index contributed by atoms with van der Waals surface area (Å²) in [7, 11) is -4.41. The Kier molecular flexibility index (Phi) is 22.6. The summed E-state index contributed by atoms with van der Waals surface area (Å²) < 4.78 is 34.2. The molecule has 0 aromatic heterocycles. The van der Waals surface area contributed by atoms with Gasteiger partial charge in [0, 0.05) is 0 Å². The summed E-state index contributed by atoms with van der Waals surface area (Å²) in [5.74, 6) is 0. The number of hydrogen-bond acceptors (Lipinski definition) is 4. The first-order chi connectivity index (χ1) is 11.9. The van der Waals surface area contributed by atoms with Crippen LogP contribution in [0.15, 0.2) is 0 Å². The van der Waals surface area contributed by atoms with Crippen molar-refractivity contribution in [2.24, 2.45) is 0 Å². The molecule has 0 rings (SSSR count). The van der Waals surface area contributed by atoms with Gasteiger partial charge in [-0.1, -0.05) is 104 Å². The van der Waals surface area contributed by atoms with Gasteiger partial charge < -0.3 is 9.66 Å². The smallest absolute Gasteiger partial charge is 0.748 e. The monoisotopic (exact) mass is 416 g/mol. The van der Waals surface area contributed by atoms with Crippen LogP contribution in [-0.4, -0.2) is 29.4 Å². The molecule has 0 heterocycles. The molecule has 0 aliphatic carbocycles.